The van der Waals surface area contributed by atoms with Crippen LogP contribution < -0.4 is 15.5 Å². The van der Waals surface area contributed by atoms with E-state index in [0.717, 1.165) is 42.8 Å². The Kier molecular flexibility index (Phi) is 5.55. The number of rotatable bonds is 5. The van der Waals surface area contributed by atoms with Crippen LogP contribution in [0.1, 0.15) is 38.1 Å². The molecule has 2 aromatic heterocycles. The van der Waals surface area contributed by atoms with Crippen LogP contribution in [0.2, 0.25) is 0 Å². The molecule has 3 N–H and O–H groups in total. The van der Waals surface area contributed by atoms with Gasteiger partial charge in [-0.2, -0.15) is 4.98 Å². The Morgan fingerprint density at radius 1 is 1.12 bits per heavy atom. The largest absolute Gasteiger partial charge is 0.340 e. The van der Waals surface area contributed by atoms with Gasteiger partial charge in [0, 0.05) is 30.9 Å². The third-order valence-electron chi connectivity index (χ3n) is 5.54. The predicted octanol–water partition coefficient (Wildman–Crippen LogP) is 4.32. The fraction of sp³-hybridized carbons (Fsp3) is 0.261. The number of aromatic nitrogens is 5. The van der Waals surface area contributed by atoms with E-state index in [4.69, 9.17) is 0 Å². The summed E-state index contributed by atoms with van der Waals surface area (Å²) in [5.41, 5.74) is 2.83. The van der Waals surface area contributed by atoms with Crippen molar-refractivity contribution < 1.29 is 9.18 Å². The van der Waals surface area contributed by atoms with E-state index in [1.807, 2.05) is 24.3 Å². The van der Waals surface area contributed by atoms with Crippen molar-refractivity contribution in [2.45, 2.75) is 32.2 Å². The molecular formula is C23H23FN8O. The molecule has 0 radical (unpaired) electrons. The maximum Gasteiger partial charge on any atom is 0.232 e. The number of benzene rings is 2. The van der Waals surface area contributed by atoms with Crippen LogP contribution in [0.5, 0.6) is 0 Å². The summed E-state index contributed by atoms with van der Waals surface area (Å²) in [7, 11) is 0. The fourth-order valence-corrected chi connectivity index (χ4v) is 4.11. The second-order valence-corrected chi connectivity index (χ2v) is 7.98. The lowest BCUT2D eigenvalue weighted by atomic mass is 10.0. The van der Waals surface area contributed by atoms with E-state index < -0.39 is 0 Å². The third-order valence-corrected chi connectivity index (χ3v) is 5.54. The van der Waals surface area contributed by atoms with Crippen molar-refractivity contribution in [1.29, 1.82) is 0 Å². The van der Waals surface area contributed by atoms with Crippen molar-refractivity contribution in [1.82, 2.24) is 24.9 Å². The molecule has 0 spiro atoms. The molecule has 0 bridgehead atoms. The van der Waals surface area contributed by atoms with E-state index in [-0.39, 0.29) is 17.8 Å². The quantitative estimate of drug-likeness (QED) is 0.419. The summed E-state index contributed by atoms with van der Waals surface area (Å²) in [5.74, 6) is 1.27. The topological polar surface area (TPSA) is 112 Å². The minimum atomic E-state index is -0.309. The molecular weight excluding hydrogens is 423 g/mol. The highest BCUT2D eigenvalue weighted by Crippen LogP contribution is 2.33. The van der Waals surface area contributed by atoms with Crippen LogP contribution in [0.4, 0.5) is 27.7 Å². The molecule has 3 heterocycles. The first-order valence-electron chi connectivity index (χ1n) is 10.8. The number of imidazole rings is 1. The Bertz CT molecular complexity index is 1310. The van der Waals surface area contributed by atoms with Gasteiger partial charge in [-0.1, -0.05) is 6.07 Å². The van der Waals surface area contributed by atoms with Gasteiger partial charge in [-0.25, -0.2) is 19.3 Å². The average molecular weight is 446 g/mol. The van der Waals surface area contributed by atoms with Crippen LogP contribution in [0, 0.1) is 5.82 Å². The number of piperidine rings is 1. The van der Waals surface area contributed by atoms with E-state index in [0.29, 0.717) is 23.1 Å². The van der Waals surface area contributed by atoms with E-state index >= 15 is 0 Å². The van der Waals surface area contributed by atoms with Gasteiger partial charge in [0.1, 0.15) is 18.0 Å². The molecule has 33 heavy (non-hydrogen) atoms. The average Bonchev–Trinajstić information content (AvgIpc) is 3.22. The van der Waals surface area contributed by atoms with Gasteiger partial charge in [-0.3, -0.25) is 4.79 Å². The van der Waals surface area contributed by atoms with Gasteiger partial charge in [0.15, 0.2) is 0 Å². The van der Waals surface area contributed by atoms with E-state index in [2.05, 4.69) is 40.5 Å². The number of fused-ring (bicyclic) bond motifs is 1. The first-order valence-corrected chi connectivity index (χ1v) is 10.8. The number of H-pyrrole nitrogens is 1. The predicted molar refractivity (Wildman–Crippen MR) is 124 cm³/mol. The second kappa shape index (κ2) is 8.81. The molecule has 1 amide bonds. The van der Waals surface area contributed by atoms with Crippen LogP contribution in [0.15, 0.2) is 48.8 Å². The fourth-order valence-electron chi connectivity index (χ4n) is 4.11. The molecule has 0 aliphatic carbocycles. The molecule has 1 unspecified atom stereocenters. The monoisotopic (exact) mass is 446 g/mol. The molecule has 168 valence electrons. The normalized spacial score (nSPS) is 16.1. The van der Waals surface area contributed by atoms with E-state index in [9.17, 15) is 9.18 Å². The SMILES string of the molecule is CC(=O)Nc1cccc(Nc2ncnc(N3CCCCC3c3nc4cc(F)ccc4[nH]3)n2)c1. The molecule has 1 fully saturated rings. The first-order chi connectivity index (χ1) is 16.0. The number of halogens is 1. The zero-order chi connectivity index (χ0) is 22.8. The van der Waals surface area contributed by atoms with Crippen molar-refractivity contribution in [3.05, 3.63) is 60.4 Å². The molecule has 9 nitrogen and oxygen atoms in total. The summed E-state index contributed by atoms with van der Waals surface area (Å²) in [6, 6.07) is 11.8. The number of carbonyl (C=O) groups excluding carboxylic acids is 1. The summed E-state index contributed by atoms with van der Waals surface area (Å²) in [5, 5.41) is 5.93. The molecule has 1 aliphatic heterocycles. The zero-order valence-corrected chi connectivity index (χ0v) is 18.0. The van der Waals surface area contributed by atoms with Gasteiger partial charge in [0.25, 0.3) is 0 Å². The van der Waals surface area contributed by atoms with Crippen LogP contribution in [0.25, 0.3) is 11.0 Å². The van der Waals surface area contributed by atoms with Crippen LogP contribution in [-0.2, 0) is 4.79 Å². The molecule has 4 aromatic rings. The lowest BCUT2D eigenvalue weighted by molar-refractivity contribution is -0.114. The summed E-state index contributed by atoms with van der Waals surface area (Å²) < 4.78 is 13.6. The number of nitrogens with zero attached hydrogens (tertiary/aromatic N) is 5. The van der Waals surface area contributed by atoms with Crippen LogP contribution >= 0.6 is 0 Å². The van der Waals surface area contributed by atoms with E-state index in [1.54, 1.807) is 6.07 Å². The molecule has 10 heteroatoms. The van der Waals surface area contributed by atoms with Gasteiger partial charge in [0.05, 0.1) is 17.1 Å². The summed E-state index contributed by atoms with van der Waals surface area (Å²) >= 11 is 0. The number of aromatic amines is 1. The molecule has 2 aromatic carbocycles. The standard InChI is InChI=1S/C23H23FN8O/c1-14(33)27-16-5-4-6-17(12-16)28-22-25-13-26-23(31-22)32-10-3-2-7-20(32)21-29-18-9-8-15(24)11-19(18)30-21/h4-6,8-9,11-13,20H,2-3,7,10H2,1H3,(H,27,33)(H,29,30)(H,25,26,28,31). The van der Waals surface area contributed by atoms with Gasteiger partial charge < -0.3 is 20.5 Å². The Balaban J connectivity index is 1.41. The lowest BCUT2D eigenvalue weighted by Gasteiger charge is -2.34. The highest BCUT2D eigenvalue weighted by atomic mass is 19.1. The van der Waals surface area contributed by atoms with Crippen molar-refractivity contribution in [3.8, 4) is 0 Å². The molecule has 1 atom stereocenters. The number of hydrogen-bond acceptors (Lipinski definition) is 7. The zero-order valence-electron chi connectivity index (χ0n) is 18.0. The molecule has 1 saturated heterocycles. The number of nitrogens with one attached hydrogen (secondary N) is 3. The molecule has 0 saturated carbocycles. The number of anilines is 4. The van der Waals surface area contributed by atoms with Crippen molar-refractivity contribution in [3.63, 3.8) is 0 Å². The van der Waals surface area contributed by atoms with Gasteiger partial charge in [-0.15, -0.1) is 0 Å². The molecule has 5 rings (SSSR count). The van der Waals surface area contributed by atoms with Crippen molar-refractivity contribution in [2.75, 3.05) is 22.1 Å². The summed E-state index contributed by atoms with van der Waals surface area (Å²) in [4.78, 5) is 34.7. The highest BCUT2D eigenvalue weighted by Gasteiger charge is 2.29. The second-order valence-electron chi connectivity index (χ2n) is 7.98. The first kappa shape index (κ1) is 20.8. The Morgan fingerprint density at radius 2 is 2.00 bits per heavy atom. The number of amides is 1. The number of hydrogen-bond donors (Lipinski definition) is 3. The van der Waals surface area contributed by atoms with Crippen molar-refractivity contribution in [2.24, 2.45) is 0 Å². The third kappa shape index (κ3) is 4.59. The van der Waals surface area contributed by atoms with E-state index in [1.165, 1.54) is 25.4 Å². The van der Waals surface area contributed by atoms with Crippen molar-refractivity contribution >= 4 is 40.2 Å². The van der Waals surface area contributed by atoms with Gasteiger partial charge in [0.2, 0.25) is 17.8 Å². The Labute approximate surface area is 189 Å². The smallest absolute Gasteiger partial charge is 0.232 e. The van der Waals surface area contributed by atoms with Gasteiger partial charge >= 0.3 is 0 Å². The minimum absolute atomic E-state index is 0.0486. The highest BCUT2D eigenvalue weighted by molar-refractivity contribution is 5.89. The van der Waals surface area contributed by atoms with Crippen LogP contribution in [-0.4, -0.2) is 37.4 Å². The minimum Gasteiger partial charge on any atom is -0.340 e. The maximum absolute atomic E-state index is 13.6. The summed E-state index contributed by atoms with van der Waals surface area (Å²) in [6.07, 6.45) is 4.43. The number of carbonyl (C=O) groups is 1. The summed E-state index contributed by atoms with van der Waals surface area (Å²) in [6.45, 7) is 2.24. The Hall–Kier alpha value is -4.08. The lowest BCUT2D eigenvalue weighted by Crippen LogP contribution is -2.35. The molecule has 1 aliphatic rings. The van der Waals surface area contributed by atoms with Crippen LogP contribution in [0.3, 0.4) is 0 Å². The Morgan fingerprint density at radius 3 is 2.88 bits per heavy atom. The maximum atomic E-state index is 13.6. The van der Waals surface area contributed by atoms with Gasteiger partial charge in [-0.05, 0) is 49.6 Å².